The van der Waals surface area contributed by atoms with Crippen LogP contribution in [0.2, 0.25) is 0 Å². The van der Waals surface area contributed by atoms with E-state index in [2.05, 4.69) is 45.9 Å². The first-order chi connectivity index (χ1) is 12.4. The second-order valence-corrected chi connectivity index (χ2v) is 7.66. The fourth-order valence-corrected chi connectivity index (χ4v) is 3.54. The largest absolute Gasteiger partial charge is 0.299 e. The highest BCUT2D eigenvalue weighted by Gasteiger charge is 2.26. The number of rotatable bonds is 6. The lowest BCUT2D eigenvalue weighted by molar-refractivity contribution is -0.104. The van der Waals surface area contributed by atoms with Crippen molar-refractivity contribution in [2.75, 3.05) is 0 Å². The van der Waals surface area contributed by atoms with Gasteiger partial charge in [0.25, 0.3) is 0 Å². The molecule has 1 aliphatic rings. The quantitative estimate of drug-likeness (QED) is 0.312. The second-order valence-electron chi connectivity index (χ2n) is 7.66. The predicted molar refractivity (Wildman–Crippen MR) is 113 cm³/mol. The van der Waals surface area contributed by atoms with Gasteiger partial charge in [-0.3, -0.25) is 4.79 Å². The first-order valence-electron chi connectivity index (χ1n) is 9.38. The molecule has 0 heterocycles. The fourth-order valence-electron chi connectivity index (χ4n) is 3.54. The Hall–Kier alpha value is -2.41. The third-order valence-electron chi connectivity index (χ3n) is 5.04. The van der Waals surface area contributed by atoms with Crippen molar-refractivity contribution in [1.29, 1.82) is 0 Å². The molecule has 0 radical (unpaired) electrons. The average molecular weight is 347 g/mol. The Kier molecular flexibility index (Phi) is 7.15. The lowest BCUT2D eigenvalue weighted by Gasteiger charge is -2.32. The topological polar surface area (TPSA) is 17.1 Å². The van der Waals surface area contributed by atoms with Gasteiger partial charge in [-0.2, -0.15) is 0 Å². The summed E-state index contributed by atoms with van der Waals surface area (Å²) in [5.41, 5.74) is 6.42. The van der Waals surface area contributed by atoms with Gasteiger partial charge in [0.05, 0.1) is 0 Å². The van der Waals surface area contributed by atoms with Gasteiger partial charge in [0, 0.05) is 0 Å². The molecule has 0 saturated carbocycles. The Morgan fingerprint density at radius 1 is 1.08 bits per heavy atom. The highest BCUT2D eigenvalue weighted by molar-refractivity contribution is 5.86. The molecule has 136 valence electrons. The summed E-state index contributed by atoms with van der Waals surface area (Å²) in [5, 5.41) is 0. The molecule has 0 saturated heterocycles. The second kappa shape index (κ2) is 9.33. The third-order valence-corrected chi connectivity index (χ3v) is 5.04. The van der Waals surface area contributed by atoms with Gasteiger partial charge in [-0.15, -0.1) is 0 Å². The van der Waals surface area contributed by atoms with Crippen molar-refractivity contribution < 1.29 is 4.79 Å². The van der Waals surface area contributed by atoms with Crippen molar-refractivity contribution in [3.63, 3.8) is 0 Å². The zero-order valence-corrected chi connectivity index (χ0v) is 16.5. The number of carbonyl (C=O) groups excluding carboxylic acids is 1. The summed E-state index contributed by atoms with van der Waals surface area (Å²) in [7, 11) is 0. The van der Waals surface area contributed by atoms with Crippen molar-refractivity contribution in [3.8, 4) is 0 Å². The Labute approximate surface area is 158 Å². The molecule has 0 unspecified atom stereocenters. The highest BCUT2D eigenvalue weighted by atomic mass is 16.1. The molecule has 26 heavy (non-hydrogen) atoms. The molecule has 0 bridgehead atoms. The maximum absolute atomic E-state index is 10.9. The van der Waals surface area contributed by atoms with Crippen molar-refractivity contribution in [3.05, 3.63) is 89.1 Å². The van der Waals surface area contributed by atoms with Gasteiger partial charge in [-0.1, -0.05) is 85.7 Å². The van der Waals surface area contributed by atoms with E-state index < -0.39 is 0 Å². The Morgan fingerprint density at radius 2 is 1.81 bits per heavy atom. The van der Waals surface area contributed by atoms with Crippen LogP contribution in [0.3, 0.4) is 0 Å². The predicted octanol–water partition coefficient (Wildman–Crippen LogP) is 6.85. The van der Waals surface area contributed by atoms with Gasteiger partial charge in [0.2, 0.25) is 0 Å². The van der Waals surface area contributed by atoms with E-state index in [-0.39, 0.29) is 5.41 Å². The molecule has 1 heteroatoms. The molecule has 0 spiro atoms. The standard InChI is InChI=1S/C25H30O/c1-20(15-16-24-21(2)11-9-18-25(24,3)4)10-8-14-23(17-19-26)22-12-6-5-7-13-22/h5-8,10,12-17,19H,9,11,18H2,1-4H3/b14-8+,16-15+,20-10+,23-17-. The molecule has 1 aromatic rings. The maximum Gasteiger partial charge on any atom is 0.143 e. The van der Waals surface area contributed by atoms with E-state index in [4.69, 9.17) is 0 Å². The highest BCUT2D eigenvalue weighted by Crippen LogP contribution is 2.40. The van der Waals surface area contributed by atoms with Crippen LogP contribution in [0.25, 0.3) is 5.57 Å². The Bertz CT molecular complexity index is 768. The zero-order chi connectivity index (χ0) is 19.0. The molecule has 1 nitrogen and oxygen atoms in total. The first kappa shape index (κ1) is 19.9. The molecule has 1 aromatic carbocycles. The summed E-state index contributed by atoms with van der Waals surface area (Å²) in [5.74, 6) is 0. The van der Waals surface area contributed by atoms with Gasteiger partial charge in [0.1, 0.15) is 6.29 Å². The van der Waals surface area contributed by atoms with Gasteiger partial charge in [-0.05, 0) is 61.3 Å². The molecule has 2 rings (SSSR count). The Morgan fingerprint density at radius 3 is 2.46 bits per heavy atom. The van der Waals surface area contributed by atoms with E-state index in [1.807, 2.05) is 42.5 Å². The van der Waals surface area contributed by atoms with Crippen LogP contribution in [0.5, 0.6) is 0 Å². The minimum atomic E-state index is 0.266. The summed E-state index contributed by atoms with van der Waals surface area (Å²) in [6.45, 7) is 9.05. The SMILES string of the molecule is CC1=C(/C=C/C(C)=C/C=C/C(=C/C=O)c2ccccc2)C(C)(C)CCC1. The van der Waals surface area contributed by atoms with Crippen molar-refractivity contribution >= 4 is 11.9 Å². The molecule has 0 aliphatic heterocycles. The molecule has 0 fully saturated rings. The number of benzene rings is 1. The van der Waals surface area contributed by atoms with Gasteiger partial charge in [-0.25, -0.2) is 0 Å². The lowest BCUT2D eigenvalue weighted by Crippen LogP contribution is -2.19. The van der Waals surface area contributed by atoms with Crippen LogP contribution in [-0.4, -0.2) is 6.29 Å². The van der Waals surface area contributed by atoms with Crippen molar-refractivity contribution in [2.45, 2.75) is 47.0 Å². The molecule has 1 aliphatic carbocycles. The minimum absolute atomic E-state index is 0.266. The summed E-state index contributed by atoms with van der Waals surface area (Å²) in [6.07, 6.45) is 16.8. The molecule has 0 aromatic heterocycles. The number of carbonyl (C=O) groups is 1. The van der Waals surface area contributed by atoms with E-state index >= 15 is 0 Å². The minimum Gasteiger partial charge on any atom is -0.299 e. The number of allylic oxidation sites excluding steroid dienone is 10. The summed E-state index contributed by atoms with van der Waals surface area (Å²) < 4.78 is 0. The average Bonchev–Trinajstić information content (AvgIpc) is 2.61. The van der Waals surface area contributed by atoms with Crippen LogP contribution in [-0.2, 0) is 4.79 Å². The zero-order valence-electron chi connectivity index (χ0n) is 16.5. The van der Waals surface area contributed by atoms with Crippen LogP contribution in [0, 0.1) is 5.41 Å². The number of aldehydes is 1. The van der Waals surface area contributed by atoms with Gasteiger partial charge in [0.15, 0.2) is 0 Å². The third kappa shape index (κ3) is 5.56. The fraction of sp³-hybridized carbons (Fsp3) is 0.320. The maximum atomic E-state index is 10.9. The number of hydrogen-bond acceptors (Lipinski definition) is 1. The van der Waals surface area contributed by atoms with Gasteiger partial charge < -0.3 is 0 Å². The van der Waals surface area contributed by atoms with Crippen LogP contribution >= 0.6 is 0 Å². The van der Waals surface area contributed by atoms with Crippen LogP contribution in [0.1, 0.15) is 52.5 Å². The monoisotopic (exact) mass is 346 g/mol. The summed E-state index contributed by atoms with van der Waals surface area (Å²) in [4.78, 5) is 10.9. The van der Waals surface area contributed by atoms with Crippen molar-refractivity contribution in [2.24, 2.45) is 5.41 Å². The molecular weight excluding hydrogens is 316 g/mol. The summed E-state index contributed by atoms with van der Waals surface area (Å²) >= 11 is 0. The van der Waals surface area contributed by atoms with Crippen molar-refractivity contribution in [1.82, 2.24) is 0 Å². The van der Waals surface area contributed by atoms with Crippen LogP contribution in [0.15, 0.2) is 83.5 Å². The van der Waals surface area contributed by atoms with E-state index in [0.29, 0.717) is 0 Å². The smallest absolute Gasteiger partial charge is 0.143 e. The summed E-state index contributed by atoms with van der Waals surface area (Å²) in [6, 6.07) is 9.96. The molecule has 0 N–H and O–H groups in total. The van der Waals surface area contributed by atoms with E-state index in [1.54, 1.807) is 6.08 Å². The van der Waals surface area contributed by atoms with E-state index in [0.717, 1.165) is 17.4 Å². The molecule has 0 atom stereocenters. The lowest BCUT2D eigenvalue weighted by atomic mass is 9.72. The van der Waals surface area contributed by atoms with Gasteiger partial charge >= 0.3 is 0 Å². The van der Waals surface area contributed by atoms with Crippen LogP contribution < -0.4 is 0 Å². The molecular formula is C25H30O. The Balaban J connectivity index is 2.13. The van der Waals surface area contributed by atoms with E-state index in [9.17, 15) is 4.79 Å². The van der Waals surface area contributed by atoms with Crippen LogP contribution in [0.4, 0.5) is 0 Å². The normalized spacial score (nSPS) is 18.8. The van der Waals surface area contributed by atoms with E-state index in [1.165, 1.54) is 36.0 Å². The number of hydrogen-bond donors (Lipinski definition) is 0. The molecule has 0 amide bonds. The first-order valence-corrected chi connectivity index (χ1v) is 9.38.